The van der Waals surface area contributed by atoms with Crippen molar-refractivity contribution in [2.45, 2.75) is 47.9 Å². The van der Waals surface area contributed by atoms with Gasteiger partial charge in [-0.25, -0.2) is 0 Å². The summed E-state index contributed by atoms with van der Waals surface area (Å²) in [7, 11) is 1.59. The number of aryl methyl sites for hydroxylation is 2. The summed E-state index contributed by atoms with van der Waals surface area (Å²) in [5, 5.41) is 17.2. The number of tetrazole rings is 1. The Kier molecular flexibility index (Phi) is 6.98. The zero-order valence-electron chi connectivity index (χ0n) is 22.2. The van der Waals surface area contributed by atoms with Crippen LogP contribution in [0.25, 0.3) is 28.2 Å². The number of hydrogen-bond donors (Lipinski definition) is 0. The van der Waals surface area contributed by atoms with E-state index in [0.29, 0.717) is 12.4 Å². The molecule has 0 aliphatic heterocycles. The van der Waals surface area contributed by atoms with E-state index in [1.54, 1.807) is 11.6 Å². The van der Waals surface area contributed by atoms with Crippen LogP contribution in [-0.4, -0.2) is 63.8 Å². The van der Waals surface area contributed by atoms with Crippen molar-refractivity contribution >= 4 is 24.3 Å². The summed E-state index contributed by atoms with van der Waals surface area (Å²) in [6, 6.07) is 17.4. The van der Waals surface area contributed by atoms with Gasteiger partial charge in [0.15, 0.2) is 0 Å². The molecule has 0 amide bonds. The van der Waals surface area contributed by atoms with Gasteiger partial charge in [-0.15, -0.1) is 5.10 Å². The number of rotatable bonds is 8. The van der Waals surface area contributed by atoms with Crippen LogP contribution in [0.4, 0.5) is 0 Å². The molecule has 0 radical (unpaired) electrons. The molecule has 3 aromatic heterocycles. The summed E-state index contributed by atoms with van der Waals surface area (Å²) < 4.78 is 9.18. The molecule has 190 valence electrons. The van der Waals surface area contributed by atoms with Crippen molar-refractivity contribution in [1.82, 2.24) is 38.0 Å². The number of ether oxygens (including phenoxy) is 1. The van der Waals surface area contributed by atoms with Crippen LogP contribution < -0.4 is 4.74 Å². The molecular formula is C27H32N8OSn. The Bertz CT molecular complexity index is 1550. The molecule has 0 aliphatic carbocycles. The minimum atomic E-state index is -2.56. The molecule has 5 rings (SSSR count). The Morgan fingerprint density at radius 3 is 2.35 bits per heavy atom. The molecule has 10 heteroatoms. The van der Waals surface area contributed by atoms with Gasteiger partial charge in [-0.1, -0.05) is 13.3 Å². The Balaban J connectivity index is 1.52. The topological polar surface area (TPSA) is 95.9 Å². The summed E-state index contributed by atoms with van der Waals surface area (Å²) in [5.41, 5.74) is 7.45. The molecule has 0 atom stereocenters. The standard InChI is InChI=1S/C24H23N8O.3CH3.Sn/c1-4-7-21-20(23-26-24(33-3)29-32(23)15(2)25-21)14-16-10-12-17(13-11-16)18-8-5-6-9-19(18)22-27-30-31-28-22;;;;/h5-6,8-13H,4,7,14H2,1-3H3;3*1H3;/q-1;;;;+1. The van der Waals surface area contributed by atoms with Crippen LogP contribution in [0.5, 0.6) is 6.01 Å². The van der Waals surface area contributed by atoms with Gasteiger partial charge in [0.1, 0.15) is 5.82 Å². The maximum absolute atomic E-state index is 5.31. The van der Waals surface area contributed by atoms with Crippen molar-refractivity contribution in [3.05, 3.63) is 71.2 Å². The van der Waals surface area contributed by atoms with Crippen molar-refractivity contribution < 1.29 is 4.74 Å². The van der Waals surface area contributed by atoms with Crippen LogP contribution in [0.1, 0.15) is 36.0 Å². The molecule has 0 saturated heterocycles. The Morgan fingerprint density at radius 2 is 1.68 bits per heavy atom. The second kappa shape index (κ2) is 10.2. The van der Waals surface area contributed by atoms with Crippen LogP contribution in [0.3, 0.4) is 0 Å². The normalized spacial score (nSPS) is 11.8. The molecule has 2 aromatic carbocycles. The van der Waals surface area contributed by atoms with Gasteiger partial charge in [0, 0.05) is 0 Å². The van der Waals surface area contributed by atoms with Gasteiger partial charge in [-0.2, -0.15) is 0 Å². The molecule has 0 N–H and O–H groups in total. The zero-order valence-corrected chi connectivity index (χ0v) is 25.1. The summed E-state index contributed by atoms with van der Waals surface area (Å²) in [5.74, 6) is 1.66. The Morgan fingerprint density at radius 1 is 0.946 bits per heavy atom. The van der Waals surface area contributed by atoms with Crippen molar-refractivity contribution in [3.8, 4) is 28.5 Å². The first kappa shape index (κ1) is 25.3. The first-order valence-corrected chi connectivity index (χ1v) is 22.4. The second-order valence-electron chi connectivity index (χ2n) is 10.2. The summed E-state index contributed by atoms with van der Waals surface area (Å²) >= 11 is -2.56. The Hall–Kier alpha value is -3.34. The van der Waals surface area contributed by atoms with Gasteiger partial charge in [0.25, 0.3) is 0 Å². The predicted octanol–water partition coefficient (Wildman–Crippen LogP) is 4.99. The molecule has 3 heterocycles. The van der Waals surface area contributed by atoms with Crippen LogP contribution in [-0.2, 0) is 12.8 Å². The van der Waals surface area contributed by atoms with Crippen LogP contribution in [0.15, 0.2) is 48.5 Å². The maximum atomic E-state index is 5.31. The molecule has 37 heavy (non-hydrogen) atoms. The first-order valence-electron chi connectivity index (χ1n) is 12.6. The molecule has 9 nitrogen and oxygen atoms in total. The summed E-state index contributed by atoms with van der Waals surface area (Å²) in [4.78, 5) is 16.4. The van der Waals surface area contributed by atoms with E-state index in [0.717, 1.165) is 58.1 Å². The van der Waals surface area contributed by atoms with E-state index in [2.05, 4.69) is 92.7 Å². The van der Waals surface area contributed by atoms with E-state index in [-0.39, 0.29) is 0 Å². The van der Waals surface area contributed by atoms with Gasteiger partial charge in [-0.3, -0.25) is 0 Å². The molecule has 0 saturated carbocycles. The van der Waals surface area contributed by atoms with E-state index in [9.17, 15) is 0 Å². The number of hydrogen-bond acceptors (Lipinski definition) is 7. The zero-order chi connectivity index (χ0) is 26.2. The van der Waals surface area contributed by atoms with Crippen molar-refractivity contribution in [2.75, 3.05) is 7.11 Å². The fraction of sp³-hybridized carbons (Fsp3) is 0.333. The quantitative estimate of drug-likeness (QED) is 0.231. The van der Waals surface area contributed by atoms with Crippen LogP contribution in [0, 0.1) is 6.92 Å². The molecular weight excluding hydrogens is 571 g/mol. The first-order chi connectivity index (χ1) is 17.8. The number of methoxy groups -OCH3 is 1. The number of nitrogens with zero attached hydrogens (tertiary/aromatic N) is 8. The van der Waals surface area contributed by atoms with E-state index in [4.69, 9.17) is 9.72 Å². The monoisotopic (exact) mass is 604 g/mol. The van der Waals surface area contributed by atoms with Crippen molar-refractivity contribution in [1.29, 1.82) is 0 Å². The number of fused-ring (bicyclic) bond motifs is 1. The Labute approximate surface area is 221 Å². The molecule has 0 unspecified atom stereocenters. The molecule has 0 spiro atoms. The van der Waals surface area contributed by atoms with Gasteiger partial charge in [-0.05, 0) is 6.92 Å². The fourth-order valence-corrected chi connectivity index (χ4v) is 7.77. The fourth-order valence-electron chi connectivity index (χ4n) is 4.61. The van der Waals surface area contributed by atoms with Gasteiger partial charge >= 0.3 is 179 Å². The summed E-state index contributed by atoms with van der Waals surface area (Å²) in [6.07, 6.45) is 2.61. The van der Waals surface area contributed by atoms with E-state index in [1.165, 1.54) is 5.56 Å². The molecule has 0 bridgehead atoms. The van der Waals surface area contributed by atoms with Gasteiger partial charge in [0.05, 0.1) is 7.11 Å². The number of aromatic nitrogens is 8. The average Bonchev–Trinajstić information content (AvgIpc) is 3.55. The van der Waals surface area contributed by atoms with E-state index >= 15 is 0 Å². The molecule has 0 aliphatic rings. The molecule has 5 aromatic rings. The van der Waals surface area contributed by atoms with E-state index in [1.807, 2.05) is 13.0 Å². The van der Waals surface area contributed by atoms with Crippen molar-refractivity contribution in [3.63, 3.8) is 0 Å². The summed E-state index contributed by atoms with van der Waals surface area (Å²) in [6.45, 7) is 4.12. The molecule has 0 fully saturated rings. The van der Waals surface area contributed by atoms with Gasteiger partial charge < -0.3 is 4.74 Å². The minimum absolute atomic E-state index is 0.356. The third-order valence-electron chi connectivity index (χ3n) is 6.40. The second-order valence-corrected chi connectivity index (χ2v) is 23.8. The van der Waals surface area contributed by atoms with E-state index < -0.39 is 18.7 Å². The number of benzene rings is 2. The van der Waals surface area contributed by atoms with Gasteiger partial charge in [0.2, 0.25) is 0 Å². The average molecular weight is 603 g/mol. The van der Waals surface area contributed by atoms with Crippen LogP contribution >= 0.6 is 0 Å². The SMILES string of the molecule is CCCc1nc(C)n2nc(OC)nc2c1Cc1ccc(-c2ccccc2-c2nnn[n]2[Sn]([CH3])([CH3])[CH3])cc1. The predicted molar refractivity (Wildman–Crippen MR) is 146 cm³/mol. The van der Waals surface area contributed by atoms with Crippen molar-refractivity contribution in [2.24, 2.45) is 0 Å². The third-order valence-corrected chi connectivity index (χ3v) is 10.9. The third kappa shape index (κ3) is 4.96. The van der Waals surface area contributed by atoms with Crippen LogP contribution in [0.2, 0.25) is 14.8 Å².